The third-order valence-corrected chi connectivity index (χ3v) is 6.00. The Morgan fingerprint density at radius 1 is 1.14 bits per heavy atom. The molecule has 0 bridgehead atoms. The molecule has 29 heavy (non-hydrogen) atoms. The molecule has 1 fully saturated rings. The van der Waals surface area contributed by atoms with Gasteiger partial charge in [0.1, 0.15) is 5.69 Å². The van der Waals surface area contributed by atoms with Crippen molar-refractivity contribution in [2.75, 3.05) is 42.5 Å². The van der Waals surface area contributed by atoms with Gasteiger partial charge < -0.3 is 14.7 Å². The first-order valence-corrected chi connectivity index (χ1v) is 10.1. The second-order valence-corrected chi connectivity index (χ2v) is 8.00. The summed E-state index contributed by atoms with van der Waals surface area (Å²) in [5, 5.41) is 11.7. The van der Waals surface area contributed by atoms with Crippen molar-refractivity contribution in [3.63, 3.8) is 0 Å². The lowest BCUT2D eigenvalue weighted by molar-refractivity contribution is -0.384. The van der Waals surface area contributed by atoms with Crippen LogP contribution in [0.3, 0.4) is 0 Å². The van der Waals surface area contributed by atoms with E-state index in [-0.39, 0.29) is 11.6 Å². The van der Waals surface area contributed by atoms with Crippen molar-refractivity contribution < 1.29 is 9.72 Å². The van der Waals surface area contributed by atoms with Gasteiger partial charge in [-0.1, -0.05) is 29.8 Å². The maximum atomic E-state index is 12.9. The molecule has 0 N–H and O–H groups in total. The van der Waals surface area contributed by atoms with Crippen LogP contribution in [0.5, 0.6) is 0 Å². The molecule has 2 aliphatic heterocycles. The number of nitro benzene ring substituents is 1. The number of carbonyl (C=O) groups excluding carboxylic acids is 1. The van der Waals surface area contributed by atoms with Gasteiger partial charge in [0.2, 0.25) is 5.91 Å². The highest BCUT2D eigenvalue weighted by Crippen LogP contribution is 2.33. The van der Waals surface area contributed by atoms with Gasteiger partial charge in [-0.05, 0) is 37.1 Å². The van der Waals surface area contributed by atoms with E-state index in [4.69, 9.17) is 11.6 Å². The van der Waals surface area contributed by atoms with Gasteiger partial charge in [0.25, 0.3) is 5.69 Å². The first-order chi connectivity index (χ1) is 13.9. The molecule has 1 saturated heterocycles. The zero-order valence-electron chi connectivity index (χ0n) is 16.3. The number of nitro groups is 1. The molecular formula is C21H23ClN4O3. The van der Waals surface area contributed by atoms with E-state index < -0.39 is 4.92 Å². The summed E-state index contributed by atoms with van der Waals surface area (Å²) >= 11 is 5.91. The van der Waals surface area contributed by atoms with Crippen molar-refractivity contribution in [1.82, 2.24) is 4.90 Å². The number of rotatable bonds is 4. The van der Waals surface area contributed by atoms with Crippen LogP contribution in [-0.2, 0) is 11.2 Å². The topological polar surface area (TPSA) is 69.9 Å². The first kappa shape index (κ1) is 19.5. The number of fused-ring (bicyclic) bond motifs is 1. The van der Waals surface area contributed by atoms with Crippen molar-refractivity contribution in [3.05, 3.63) is 63.2 Å². The maximum Gasteiger partial charge on any atom is 0.294 e. The Kier molecular flexibility index (Phi) is 5.32. The van der Waals surface area contributed by atoms with Crippen LogP contribution in [0.4, 0.5) is 17.1 Å². The number of anilines is 2. The largest absolute Gasteiger partial charge is 0.362 e. The lowest BCUT2D eigenvalue weighted by Gasteiger charge is -2.37. The molecular weight excluding hydrogens is 392 g/mol. The molecule has 0 aliphatic carbocycles. The lowest BCUT2D eigenvalue weighted by atomic mass is 10.1. The average Bonchev–Trinajstić information content (AvgIpc) is 3.03. The van der Waals surface area contributed by atoms with E-state index in [9.17, 15) is 14.9 Å². The Morgan fingerprint density at radius 2 is 1.86 bits per heavy atom. The molecule has 0 saturated carbocycles. The molecule has 2 heterocycles. The number of amides is 1. The highest BCUT2D eigenvalue weighted by atomic mass is 35.5. The minimum Gasteiger partial charge on any atom is -0.362 e. The molecule has 152 valence electrons. The van der Waals surface area contributed by atoms with Crippen LogP contribution in [0.1, 0.15) is 12.5 Å². The summed E-state index contributed by atoms with van der Waals surface area (Å²) in [5.41, 5.74) is 2.98. The molecule has 2 aromatic rings. The zero-order valence-corrected chi connectivity index (χ0v) is 17.0. The Balaban J connectivity index is 1.40. The number of halogens is 1. The number of para-hydroxylation sites is 1. The molecule has 2 aromatic carbocycles. The van der Waals surface area contributed by atoms with E-state index in [2.05, 4.69) is 24.0 Å². The molecule has 1 unspecified atom stereocenters. The third kappa shape index (κ3) is 3.87. The normalized spacial score (nSPS) is 18.7. The minimum atomic E-state index is -0.412. The molecule has 0 radical (unpaired) electrons. The van der Waals surface area contributed by atoms with E-state index in [0.717, 1.165) is 12.1 Å². The Labute approximate surface area is 174 Å². The van der Waals surface area contributed by atoms with E-state index in [1.54, 1.807) is 12.1 Å². The van der Waals surface area contributed by atoms with Crippen molar-refractivity contribution in [2.24, 2.45) is 0 Å². The van der Waals surface area contributed by atoms with Crippen LogP contribution in [0.2, 0.25) is 5.02 Å². The highest BCUT2D eigenvalue weighted by molar-refractivity contribution is 6.30. The standard InChI is InChI=1S/C21H23ClN4O3/c1-15-12-16-4-2-3-5-18(16)25(15)14-21(27)24-10-8-23(9-11-24)19-7-6-17(22)13-20(19)26(28)29/h2-7,13,15H,8-12,14H2,1H3. The summed E-state index contributed by atoms with van der Waals surface area (Å²) in [6, 6.07) is 13.2. The van der Waals surface area contributed by atoms with Gasteiger partial charge in [-0.15, -0.1) is 0 Å². The fourth-order valence-electron chi connectivity index (χ4n) is 4.22. The number of carbonyl (C=O) groups is 1. The quantitative estimate of drug-likeness (QED) is 0.566. The summed E-state index contributed by atoms with van der Waals surface area (Å²) < 4.78 is 0. The number of hydrogen-bond donors (Lipinski definition) is 0. The van der Waals surface area contributed by atoms with Gasteiger partial charge >= 0.3 is 0 Å². The average molecular weight is 415 g/mol. The van der Waals surface area contributed by atoms with Crippen LogP contribution in [0, 0.1) is 10.1 Å². The van der Waals surface area contributed by atoms with Crippen LogP contribution < -0.4 is 9.80 Å². The predicted octanol–water partition coefficient (Wildman–Crippen LogP) is 3.35. The maximum absolute atomic E-state index is 12.9. The summed E-state index contributed by atoms with van der Waals surface area (Å²) in [5.74, 6) is 0.0961. The molecule has 1 amide bonds. The van der Waals surface area contributed by atoms with Gasteiger partial charge in [-0.3, -0.25) is 14.9 Å². The minimum absolute atomic E-state index is 0.000208. The number of benzene rings is 2. The van der Waals surface area contributed by atoms with Gasteiger partial charge in [-0.2, -0.15) is 0 Å². The summed E-state index contributed by atoms with van der Waals surface area (Å²) in [7, 11) is 0. The van der Waals surface area contributed by atoms with E-state index >= 15 is 0 Å². The number of nitrogens with zero attached hydrogens (tertiary/aromatic N) is 4. The SMILES string of the molecule is CC1Cc2ccccc2N1CC(=O)N1CCN(c2ccc(Cl)cc2[N+](=O)[O-])CC1. The summed E-state index contributed by atoms with van der Waals surface area (Å²) in [6.45, 7) is 4.70. The Bertz CT molecular complexity index is 943. The van der Waals surface area contributed by atoms with Crippen molar-refractivity contribution in [3.8, 4) is 0 Å². The van der Waals surface area contributed by atoms with E-state index in [0.29, 0.717) is 49.5 Å². The molecule has 1 atom stereocenters. The van der Waals surface area contributed by atoms with Crippen LogP contribution in [0.25, 0.3) is 0 Å². The number of piperazine rings is 1. The predicted molar refractivity (Wildman–Crippen MR) is 114 cm³/mol. The molecule has 0 spiro atoms. The van der Waals surface area contributed by atoms with Gasteiger partial charge in [0.05, 0.1) is 11.5 Å². The van der Waals surface area contributed by atoms with Crippen LogP contribution in [0.15, 0.2) is 42.5 Å². The molecule has 4 rings (SSSR count). The van der Waals surface area contributed by atoms with Crippen molar-refractivity contribution in [2.45, 2.75) is 19.4 Å². The second-order valence-electron chi connectivity index (χ2n) is 7.57. The van der Waals surface area contributed by atoms with Crippen LogP contribution in [-0.4, -0.2) is 54.5 Å². The van der Waals surface area contributed by atoms with Gasteiger partial charge in [0.15, 0.2) is 0 Å². The smallest absolute Gasteiger partial charge is 0.294 e. The van der Waals surface area contributed by atoms with Crippen LogP contribution >= 0.6 is 11.6 Å². The van der Waals surface area contributed by atoms with E-state index in [1.165, 1.54) is 11.6 Å². The molecule has 7 nitrogen and oxygen atoms in total. The Hall–Kier alpha value is -2.80. The van der Waals surface area contributed by atoms with E-state index in [1.807, 2.05) is 21.9 Å². The van der Waals surface area contributed by atoms with Crippen molar-refractivity contribution in [1.29, 1.82) is 0 Å². The summed E-state index contributed by atoms with van der Waals surface area (Å²) in [4.78, 5) is 29.8. The second kappa shape index (κ2) is 7.91. The Morgan fingerprint density at radius 3 is 2.59 bits per heavy atom. The fourth-order valence-corrected chi connectivity index (χ4v) is 4.39. The lowest BCUT2D eigenvalue weighted by Crippen LogP contribution is -2.52. The first-order valence-electron chi connectivity index (χ1n) is 9.75. The molecule has 2 aliphatic rings. The fraction of sp³-hybridized carbons (Fsp3) is 0.381. The van der Waals surface area contributed by atoms with Crippen molar-refractivity contribution >= 4 is 34.6 Å². The number of hydrogen-bond acceptors (Lipinski definition) is 5. The van der Waals surface area contributed by atoms with Gasteiger partial charge in [0, 0.05) is 49.0 Å². The molecule has 0 aromatic heterocycles. The zero-order chi connectivity index (χ0) is 20.5. The highest BCUT2D eigenvalue weighted by Gasteiger charge is 2.30. The monoisotopic (exact) mass is 414 g/mol. The molecule has 8 heteroatoms. The third-order valence-electron chi connectivity index (χ3n) is 5.76. The summed E-state index contributed by atoms with van der Waals surface area (Å²) in [6.07, 6.45) is 0.956. The van der Waals surface area contributed by atoms with Gasteiger partial charge in [-0.25, -0.2) is 0 Å².